The molecule has 1 aliphatic rings. The zero-order valence-corrected chi connectivity index (χ0v) is 17.6. The fourth-order valence-corrected chi connectivity index (χ4v) is 4.38. The van der Waals surface area contributed by atoms with Gasteiger partial charge in [-0.05, 0) is 61.2 Å². The average Bonchev–Trinajstić information content (AvgIpc) is 3.51. The summed E-state index contributed by atoms with van der Waals surface area (Å²) in [5.41, 5.74) is 0.430. The third-order valence-electron chi connectivity index (χ3n) is 4.83. The largest absolute Gasteiger partial charge is 0.335 e. The zero-order valence-electron chi connectivity index (χ0n) is 16.0. The SMILES string of the molecule is C=CCN(CC1CC1)C(=O)c1cc(S(=O)(=O)N(C)c2ccc(F)cc2)ccc1Cl. The maximum atomic E-state index is 13.2. The highest BCUT2D eigenvalue weighted by atomic mass is 35.5. The van der Waals surface area contributed by atoms with Crippen molar-refractivity contribution in [3.8, 4) is 0 Å². The van der Waals surface area contributed by atoms with Gasteiger partial charge in [0.1, 0.15) is 5.82 Å². The summed E-state index contributed by atoms with van der Waals surface area (Å²) in [7, 11) is -2.59. The van der Waals surface area contributed by atoms with Crippen LogP contribution in [0.2, 0.25) is 5.02 Å². The molecule has 0 aromatic heterocycles. The summed E-state index contributed by atoms with van der Waals surface area (Å²) in [5, 5.41) is 0.184. The molecule has 3 rings (SSSR count). The van der Waals surface area contributed by atoms with Gasteiger partial charge in [-0.2, -0.15) is 0 Å². The van der Waals surface area contributed by atoms with E-state index in [-0.39, 0.29) is 21.4 Å². The van der Waals surface area contributed by atoms with Crippen LogP contribution >= 0.6 is 11.6 Å². The van der Waals surface area contributed by atoms with Crippen molar-refractivity contribution in [2.45, 2.75) is 17.7 Å². The minimum absolute atomic E-state index is 0.0675. The first-order valence-electron chi connectivity index (χ1n) is 9.18. The second-order valence-corrected chi connectivity index (χ2v) is 9.41. The number of hydrogen-bond acceptors (Lipinski definition) is 3. The molecule has 1 amide bonds. The molecule has 29 heavy (non-hydrogen) atoms. The first-order valence-corrected chi connectivity index (χ1v) is 11.0. The third-order valence-corrected chi connectivity index (χ3v) is 6.94. The molecular formula is C21H22ClFN2O3S. The standard InChI is InChI=1S/C21H22ClFN2O3S/c1-3-12-25(14-15-4-5-15)21(26)19-13-18(10-11-20(19)22)29(27,28)24(2)17-8-6-16(23)7-9-17/h3,6-11,13,15H,1,4-5,12,14H2,2H3. The number of halogens is 2. The Kier molecular flexibility index (Phi) is 6.29. The van der Waals surface area contributed by atoms with E-state index >= 15 is 0 Å². The van der Waals surface area contributed by atoms with Gasteiger partial charge < -0.3 is 4.90 Å². The number of nitrogens with zero attached hydrogens (tertiary/aromatic N) is 2. The van der Waals surface area contributed by atoms with Gasteiger partial charge in [0.25, 0.3) is 15.9 Å². The molecule has 2 aromatic carbocycles. The van der Waals surface area contributed by atoms with Crippen molar-refractivity contribution in [3.63, 3.8) is 0 Å². The number of carbonyl (C=O) groups excluding carboxylic acids is 1. The lowest BCUT2D eigenvalue weighted by Crippen LogP contribution is -2.33. The predicted octanol–water partition coefficient (Wildman–Crippen LogP) is 4.34. The number of anilines is 1. The van der Waals surface area contributed by atoms with E-state index in [9.17, 15) is 17.6 Å². The second-order valence-electron chi connectivity index (χ2n) is 7.03. The van der Waals surface area contributed by atoms with Crippen LogP contribution in [0.1, 0.15) is 23.2 Å². The Morgan fingerprint density at radius 3 is 2.48 bits per heavy atom. The Hall–Kier alpha value is -2.38. The molecule has 1 aliphatic carbocycles. The maximum absolute atomic E-state index is 13.2. The van der Waals surface area contributed by atoms with Gasteiger partial charge in [0.15, 0.2) is 0 Å². The van der Waals surface area contributed by atoms with Crippen LogP contribution in [0.3, 0.4) is 0 Å². The monoisotopic (exact) mass is 436 g/mol. The Morgan fingerprint density at radius 2 is 1.90 bits per heavy atom. The van der Waals surface area contributed by atoms with E-state index in [1.54, 1.807) is 11.0 Å². The van der Waals surface area contributed by atoms with Crippen LogP contribution < -0.4 is 4.31 Å². The van der Waals surface area contributed by atoms with Crippen molar-refractivity contribution in [2.24, 2.45) is 5.92 Å². The fraction of sp³-hybridized carbons (Fsp3) is 0.286. The van der Waals surface area contributed by atoms with Crippen LogP contribution in [0.15, 0.2) is 60.0 Å². The highest BCUT2D eigenvalue weighted by molar-refractivity contribution is 7.92. The number of rotatable bonds is 8. The van der Waals surface area contributed by atoms with E-state index in [2.05, 4.69) is 6.58 Å². The summed E-state index contributed by atoms with van der Waals surface area (Å²) in [6.07, 6.45) is 3.79. The number of sulfonamides is 1. The van der Waals surface area contributed by atoms with E-state index < -0.39 is 15.8 Å². The minimum Gasteiger partial charge on any atom is -0.335 e. The highest BCUT2D eigenvalue weighted by Gasteiger charge is 2.29. The van der Waals surface area contributed by atoms with Gasteiger partial charge in [-0.15, -0.1) is 6.58 Å². The lowest BCUT2D eigenvalue weighted by Gasteiger charge is -2.23. The van der Waals surface area contributed by atoms with Gasteiger partial charge in [-0.25, -0.2) is 12.8 Å². The topological polar surface area (TPSA) is 57.7 Å². The first-order chi connectivity index (χ1) is 13.7. The minimum atomic E-state index is -3.97. The molecule has 2 aromatic rings. The van der Waals surface area contributed by atoms with Crippen LogP contribution in [0, 0.1) is 11.7 Å². The molecular weight excluding hydrogens is 415 g/mol. The Labute approximate surface area is 175 Å². The fourth-order valence-electron chi connectivity index (χ4n) is 2.96. The molecule has 0 aliphatic heterocycles. The van der Waals surface area contributed by atoms with Gasteiger partial charge in [0, 0.05) is 20.1 Å². The molecule has 1 fully saturated rings. The van der Waals surface area contributed by atoms with E-state index in [1.165, 1.54) is 49.5 Å². The summed E-state index contributed by atoms with van der Waals surface area (Å²) in [6, 6.07) is 9.17. The molecule has 0 atom stereocenters. The van der Waals surface area contributed by atoms with Crippen molar-refractivity contribution < 1.29 is 17.6 Å². The lowest BCUT2D eigenvalue weighted by molar-refractivity contribution is 0.0766. The van der Waals surface area contributed by atoms with Crippen LogP contribution in [0.25, 0.3) is 0 Å². The summed E-state index contributed by atoms with van der Waals surface area (Å²) < 4.78 is 40.3. The van der Waals surface area contributed by atoms with E-state index in [0.717, 1.165) is 17.1 Å². The number of hydrogen-bond donors (Lipinski definition) is 0. The van der Waals surface area contributed by atoms with E-state index in [1.807, 2.05) is 0 Å². The van der Waals surface area contributed by atoms with Gasteiger partial charge in [0.2, 0.25) is 0 Å². The van der Waals surface area contributed by atoms with E-state index in [4.69, 9.17) is 11.6 Å². The normalized spacial score (nSPS) is 13.8. The van der Waals surface area contributed by atoms with Crippen molar-refractivity contribution >= 4 is 33.2 Å². The van der Waals surface area contributed by atoms with Gasteiger partial charge in [0.05, 0.1) is 21.2 Å². The van der Waals surface area contributed by atoms with Crippen molar-refractivity contribution in [1.29, 1.82) is 0 Å². The average molecular weight is 437 g/mol. The van der Waals surface area contributed by atoms with Crippen LogP contribution in [-0.4, -0.2) is 39.4 Å². The molecule has 0 radical (unpaired) electrons. The number of carbonyl (C=O) groups is 1. The Morgan fingerprint density at radius 1 is 1.24 bits per heavy atom. The molecule has 8 heteroatoms. The molecule has 5 nitrogen and oxygen atoms in total. The molecule has 0 unspecified atom stereocenters. The summed E-state index contributed by atoms with van der Waals surface area (Å²) in [5.74, 6) is -0.325. The summed E-state index contributed by atoms with van der Waals surface area (Å²) in [4.78, 5) is 14.6. The van der Waals surface area contributed by atoms with Crippen molar-refractivity contribution in [2.75, 3.05) is 24.4 Å². The number of amides is 1. The van der Waals surface area contributed by atoms with E-state index in [0.29, 0.717) is 24.7 Å². The lowest BCUT2D eigenvalue weighted by atomic mass is 10.2. The molecule has 0 spiro atoms. The quantitative estimate of drug-likeness (QED) is 0.578. The smallest absolute Gasteiger partial charge is 0.264 e. The molecule has 0 heterocycles. The summed E-state index contributed by atoms with van der Waals surface area (Å²) >= 11 is 6.23. The predicted molar refractivity (Wildman–Crippen MR) is 112 cm³/mol. The first kappa shape index (κ1) is 21.3. The number of benzene rings is 2. The van der Waals surface area contributed by atoms with Crippen molar-refractivity contribution in [3.05, 3.63) is 71.5 Å². The highest BCUT2D eigenvalue weighted by Crippen LogP contribution is 2.31. The third kappa shape index (κ3) is 4.79. The molecule has 1 saturated carbocycles. The van der Waals surface area contributed by atoms with Gasteiger partial charge >= 0.3 is 0 Å². The van der Waals surface area contributed by atoms with Gasteiger partial charge in [-0.1, -0.05) is 17.7 Å². The molecule has 0 bridgehead atoms. The van der Waals surface area contributed by atoms with Crippen LogP contribution in [0.4, 0.5) is 10.1 Å². The van der Waals surface area contributed by atoms with Gasteiger partial charge in [-0.3, -0.25) is 9.10 Å². The molecule has 0 saturated heterocycles. The maximum Gasteiger partial charge on any atom is 0.264 e. The Balaban J connectivity index is 1.93. The Bertz CT molecular complexity index is 1020. The zero-order chi connectivity index (χ0) is 21.2. The van der Waals surface area contributed by atoms with Crippen LogP contribution in [0.5, 0.6) is 0 Å². The van der Waals surface area contributed by atoms with Crippen LogP contribution in [-0.2, 0) is 10.0 Å². The molecule has 0 N–H and O–H groups in total. The molecule has 154 valence electrons. The van der Waals surface area contributed by atoms with Crippen molar-refractivity contribution in [1.82, 2.24) is 4.90 Å². The second kappa shape index (κ2) is 8.55. The summed E-state index contributed by atoms with van der Waals surface area (Å²) in [6.45, 7) is 4.64.